The first kappa shape index (κ1) is 49.4. The van der Waals surface area contributed by atoms with Gasteiger partial charge >= 0.3 is 12.1 Å². The molecular weight excluding hydrogens is 826 g/mol. The number of hydrogen-bond donors (Lipinski definition) is 3. The molecular formula is C44H66ClN3O10SSi. The molecule has 2 saturated heterocycles. The van der Waals surface area contributed by atoms with Crippen molar-refractivity contribution in [2.75, 3.05) is 24.7 Å². The van der Waals surface area contributed by atoms with Crippen LogP contribution in [-0.4, -0.2) is 114 Å². The predicted molar refractivity (Wildman–Crippen MR) is 237 cm³/mol. The standard InChI is InChI=1S/C44H66ClN3O10SSi/c1-26-14-12-15-28(3)44(54)24-35(56-42(53)46-44)30(5)40-43(7,58-40)36(23-38(51)48(9)34-22-32(20-26)21-27(2)39(34)45)57-41(52)31(6)47(8)37(50)18-17-29(4)59-25-33(49)16-13-19-60(10,11)55/h12,14-15,21-22,28-31,35-36,40,54-55H,13,16-20,23-25H2,1-11H3,(H,46,53)/b15-12+,26-14+/t28-,29?,30-,31+,35+,36+,40+,43-,44+/m1/s1. The Morgan fingerprint density at radius 1 is 1.17 bits per heavy atom. The van der Waals surface area contributed by atoms with Crippen molar-refractivity contribution in [1.29, 1.82) is 0 Å². The first-order valence-corrected chi connectivity index (χ1v) is 25.5. The second-order valence-electron chi connectivity index (χ2n) is 18.0. The van der Waals surface area contributed by atoms with E-state index in [-0.39, 0.29) is 42.1 Å². The fourth-order valence-corrected chi connectivity index (χ4v) is 9.95. The van der Waals surface area contributed by atoms with Gasteiger partial charge in [0.2, 0.25) is 11.8 Å². The number of nitrogens with zero attached hydrogens (tertiary/aromatic N) is 2. The number of halogens is 1. The highest BCUT2D eigenvalue weighted by atomic mass is 35.5. The van der Waals surface area contributed by atoms with Crippen molar-refractivity contribution in [2.24, 2.45) is 11.8 Å². The van der Waals surface area contributed by atoms with Crippen LogP contribution < -0.4 is 10.2 Å². The van der Waals surface area contributed by atoms with Gasteiger partial charge in [-0.05, 0) is 83.3 Å². The minimum Gasteiger partial charge on any atom is -0.457 e. The molecule has 4 rings (SSSR count). The lowest BCUT2D eigenvalue weighted by Crippen LogP contribution is -2.60. The number of amides is 3. The molecule has 0 aromatic heterocycles. The van der Waals surface area contributed by atoms with E-state index in [0.29, 0.717) is 48.2 Å². The first-order valence-electron chi connectivity index (χ1n) is 21.0. The molecule has 2 fully saturated rings. The Hall–Kier alpha value is -3.21. The van der Waals surface area contributed by atoms with Crippen molar-refractivity contribution < 1.29 is 48.1 Å². The molecule has 4 bridgehead atoms. The lowest BCUT2D eigenvalue weighted by Gasteiger charge is -2.41. The number of aliphatic hydroxyl groups is 1. The maximum atomic E-state index is 14.2. The molecule has 3 amide bonds. The Balaban J connectivity index is 1.53. The number of ketones is 1. The van der Waals surface area contributed by atoms with Crippen LogP contribution in [0.3, 0.4) is 0 Å². The van der Waals surface area contributed by atoms with E-state index in [0.717, 1.165) is 16.7 Å². The zero-order valence-electron chi connectivity index (χ0n) is 37.1. The number of allylic oxidation sites excluding steroid dienone is 3. The van der Waals surface area contributed by atoms with Crippen LogP contribution in [0.2, 0.25) is 24.2 Å². The summed E-state index contributed by atoms with van der Waals surface area (Å²) in [7, 11) is 0.967. The topological polar surface area (TPSA) is 175 Å². The molecule has 0 aliphatic carbocycles. The largest absolute Gasteiger partial charge is 0.457 e. The average Bonchev–Trinajstić information content (AvgIpc) is 3.86. The van der Waals surface area contributed by atoms with Crippen molar-refractivity contribution >= 4 is 67.0 Å². The Kier molecular flexibility index (Phi) is 16.7. The minimum atomic E-state index is -2.19. The summed E-state index contributed by atoms with van der Waals surface area (Å²) in [5.74, 6) is -1.91. The number of likely N-dealkylation sites (N-methyl/N-ethyl adjacent to an activating group) is 1. The maximum absolute atomic E-state index is 14.2. The normalized spacial score (nSPS) is 29.8. The van der Waals surface area contributed by atoms with Crippen LogP contribution in [-0.2, 0) is 39.8 Å². The molecule has 3 aliphatic heterocycles. The fourth-order valence-electron chi connectivity index (χ4n) is 7.77. The molecule has 60 heavy (non-hydrogen) atoms. The fraction of sp³-hybridized carbons (Fsp3) is 0.659. The van der Waals surface area contributed by atoms with Crippen LogP contribution in [0.25, 0.3) is 0 Å². The molecule has 3 heterocycles. The molecule has 0 saturated carbocycles. The van der Waals surface area contributed by atoms with Crippen LogP contribution in [0.1, 0.15) is 91.2 Å². The SMILES string of the molecule is C/C1=C\C=C\[C@@H](C)[C@@]2(O)C[C@H](OC(=O)N2)[C@@H](C)[C@@H]2O[C@]2(C)[C@@H](OC(=O)[C@H](C)N(C)C(=O)CCC(C)SCC(=O)CCC[Si](C)(C)O)CC(=O)N(C)c2cc(cc(C)c2Cl)C1. The number of hydrogen-bond acceptors (Lipinski definition) is 11. The summed E-state index contributed by atoms with van der Waals surface area (Å²) in [5, 5.41) is 14.8. The summed E-state index contributed by atoms with van der Waals surface area (Å²) in [4.78, 5) is 79.6. The van der Waals surface area contributed by atoms with Crippen molar-refractivity contribution in [3.8, 4) is 0 Å². The Morgan fingerprint density at radius 2 is 1.85 bits per heavy atom. The third-order valence-corrected chi connectivity index (χ3v) is 15.6. The summed E-state index contributed by atoms with van der Waals surface area (Å²) in [6, 6.07) is 3.51. The zero-order chi connectivity index (χ0) is 44.9. The summed E-state index contributed by atoms with van der Waals surface area (Å²) < 4.78 is 18.2. The molecule has 0 spiro atoms. The number of alkyl carbamates (subject to hydrolysis) is 1. The number of carbonyl (C=O) groups is 5. The van der Waals surface area contributed by atoms with Gasteiger partial charge in [-0.25, -0.2) is 9.59 Å². The third kappa shape index (κ3) is 12.9. The van der Waals surface area contributed by atoms with E-state index in [1.54, 1.807) is 20.9 Å². The van der Waals surface area contributed by atoms with E-state index in [4.69, 9.17) is 25.8 Å². The smallest absolute Gasteiger partial charge is 0.409 e. The van der Waals surface area contributed by atoms with Gasteiger partial charge in [-0.15, -0.1) is 0 Å². The Bertz CT molecular complexity index is 1840. The number of carbonyl (C=O) groups excluding carboxylic acids is 5. The van der Waals surface area contributed by atoms with Crippen LogP contribution in [0, 0.1) is 18.8 Å². The van der Waals surface area contributed by atoms with E-state index < -0.39 is 67.9 Å². The van der Waals surface area contributed by atoms with Crippen LogP contribution in [0.5, 0.6) is 0 Å². The zero-order valence-corrected chi connectivity index (χ0v) is 39.7. The molecule has 1 aromatic carbocycles. The number of nitrogens with one attached hydrogen (secondary N) is 1. The maximum Gasteiger partial charge on any atom is 0.409 e. The van der Waals surface area contributed by atoms with Crippen molar-refractivity contribution in [3.05, 3.63) is 52.1 Å². The number of Topliss-reactive ketones (excluding diaryl/α,β-unsaturated/α-hetero) is 1. The molecule has 13 nitrogen and oxygen atoms in total. The van der Waals surface area contributed by atoms with E-state index in [9.17, 15) is 33.9 Å². The Labute approximate surface area is 366 Å². The summed E-state index contributed by atoms with van der Waals surface area (Å²) >= 11 is 8.29. The molecule has 1 unspecified atom stereocenters. The van der Waals surface area contributed by atoms with E-state index in [1.165, 1.54) is 28.6 Å². The van der Waals surface area contributed by atoms with Crippen LogP contribution >= 0.6 is 23.4 Å². The van der Waals surface area contributed by atoms with Gasteiger partial charge in [0.15, 0.2) is 8.32 Å². The van der Waals surface area contributed by atoms with Crippen molar-refractivity contribution in [1.82, 2.24) is 10.2 Å². The highest BCUT2D eigenvalue weighted by Gasteiger charge is 2.64. The van der Waals surface area contributed by atoms with Gasteiger partial charge in [0.1, 0.15) is 35.4 Å². The number of aryl methyl sites for hydroxylation is 1. The summed E-state index contributed by atoms with van der Waals surface area (Å²) in [5.41, 5.74) is 0.413. The number of thioether (sulfide) groups is 1. The second-order valence-corrected chi connectivity index (χ2v) is 23.9. The molecule has 3 N–H and O–H groups in total. The molecule has 334 valence electrons. The molecule has 9 atom stereocenters. The van der Waals surface area contributed by atoms with Gasteiger partial charge in [-0.3, -0.25) is 19.7 Å². The van der Waals surface area contributed by atoms with Crippen molar-refractivity contribution in [2.45, 2.75) is 153 Å². The number of esters is 1. The van der Waals surface area contributed by atoms with Crippen LogP contribution in [0.15, 0.2) is 35.9 Å². The summed E-state index contributed by atoms with van der Waals surface area (Å²) in [6.45, 7) is 16.5. The van der Waals surface area contributed by atoms with Gasteiger partial charge in [0, 0.05) is 50.4 Å². The lowest BCUT2D eigenvalue weighted by atomic mass is 9.82. The lowest BCUT2D eigenvalue weighted by molar-refractivity contribution is -0.162. The average molecular weight is 893 g/mol. The van der Waals surface area contributed by atoms with Gasteiger partial charge in [-0.1, -0.05) is 62.2 Å². The monoisotopic (exact) mass is 891 g/mol. The second kappa shape index (κ2) is 20.3. The highest BCUT2D eigenvalue weighted by Crippen LogP contribution is 2.49. The predicted octanol–water partition coefficient (Wildman–Crippen LogP) is 6.88. The number of anilines is 1. The minimum absolute atomic E-state index is 0.0242. The highest BCUT2D eigenvalue weighted by molar-refractivity contribution is 8.00. The Morgan fingerprint density at radius 3 is 2.52 bits per heavy atom. The van der Waals surface area contributed by atoms with Crippen LogP contribution in [0.4, 0.5) is 10.5 Å². The molecule has 1 aromatic rings. The number of rotatable bonds is 13. The van der Waals surface area contributed by atoms with Gasteiger partial charge < -0.3 is 33.9 Å². The van der Waals surface area contributed by atoms with E-state index >= 15 is 0 Å². The number of benzene rings is 1. The number of ether oxygens (including phenoxy) is 3. The van der Waals surface area contributed by atoms with Gasteiger partial charge in [0.05, 0.1) is 29.0 Å². The van der Waals surface area contributed by atoms with Gasteiger partial charge in [-0.2, -0.15) is 11.8 Å². The van der Waals surface area contributed by atoms with Gasteiger partial charge in [0.25, 0.3) is 0 Å². The first-order chi connectivity index (χ1) is 27.8. The quantitative estimate of drug-likeness (QED) is 0.107. The molecule has 16 heteroatoms. The third-order valence-electron chi connectivity index (χ3n) is 12.2. The molecule has 3 aliphatic rings. The molecule has 0 radical (unpaired) electrons. The number of fused-ring (bicyclic) bond motifs is 5. The van der Waals surface area contributed by atoms with E-state index in [1.807, 2.05) is 78.1 Å². The summed E-state index contributed by atoms with van der Waals surface area (Å²) in [6.07, 6.45) is 4.41. The van der Waals surface area contributed by atoms with E-state index in [2.05, 4.69) is 5.32 Å². The number of epoxide rings is 1. The van der Waals surface area contributed by atoms with Crippen molar-refractivity contribution in [3.63, 3.8) is 0 Å².